The second-order valence-corrected chi connectivity index (χ2v) is 18.2. The summed E-state index contributed by atoms with van der Waals surface area (Å²) in [7, 11) is 0.238. The highest BCUT2D eigenvalue weighted by Gasteiger charge is 2.54. The van der Waals surface area contributed by atoms with Gasteiger partial charge in [0, 0.05) is 55.2 Å². The van der Waals surface area contributed by atoms with Gasteiger partial charge in [0.05, 0.1) is 45.6 Å². The van der Waals surface area contributed by atoms with Crippen molar-refractivity contribution in [2.75, 3.05) is 43.2 Å². The summed E-state index contributed by atoms with van der Waals surface area (Å²) < 4.78 is 33.3. The molecular weight excluding hydrogens is 672 g/mol. The van der Waals surface area contributed by atoms with Crippen LogP contribution in [0.25, 0.3) is 0 Å². The molecule has 0 radical (unpaired) electrons. The van der Waals surface area contributed by atoms with Crippen molar-refractivity contribution in [1.29, 1.82) is 0 Å². The molecule has 2 bridgehead atoms. The van der Waals surface area contributed by atoms with Crippen molar-refractivity contribution in [3.8, 4) is 5.75 Å². The number of carbonyl (C=O) groups excluding carboxylic acids is 2. The fourth-order valence-electron chi connectivity index (χ4n) is 9.05. The van der Waals surface area contributed by atoms with Crippen molar-refractivity contribution >= 4 is 38.7 Å². The summed E-state index contributed by atoms with van der Waals surface area (Å²) in [6.45, 7) is 4.07. The Labute approximate surface area is 299 Å². The Morgan fingerprint density at radius 1 is 1.18 bits per heavy atom. The van der Waals surface area contributed by atoms with E-state index in [1.807, 2.05) is 25.1 Å². The van der Waals surface area contributed by atoms with Crippen LogP contribution in [0.3, 0.4) is 0 Å². The van der Waals surface area contributed by atoms with Crippen molar-refractivity contribution in [3.63, 3.8) is 0 Å². The second-order valence-electron chi connectivity index (χ2n) is 15.4. The summed E-state index contributed by atoms with van der Waals surface area (Å²) >= 11 is 6.53. The minimum absolute atomic E-state index is 0.0376. The Morgan fingerprint density at radius 2 is 2.04 bits per heavy atom. The molecule has 3 aliphatic carbocycles. The molecule has 8 rings (SSSR count). The predicted octanol–water partition coefficient (Wildman–Crippen LogP) is 6.85. The first-order chi connectivity index (χ1) is 24.0. The Kier molecular flexibility index (Phi) is 8.71. The molecule has 8 atom stereocenters. The molecule has 3 heterocycles. The molecule has 5 aliphatic rings. The van der Waals surface area contributed by atoms with Gasteiger partial charge >= 0.3 is 0 Å². The number of halogens is 1. The molecule has 11 heteroatoms. The number of benzene rings is 2. The highest BCUT2D eigenvalue weighted by atomic mass is 35.5. The van der Waals surface area contributed by atoms with Crippen LogP contribution in [0.4, 0.5) is 5.69 Å². The molecule has 2 fully saturated rings. The maximum atomic E-state index is 14.6. The number of allylic oxidation sites excluding steroid dienone is 1. The van der Waals surface area contributed by atoms with Crippen LogP contribution in [0.15, 0.2) is 65.3 Å². The zero-order chi connectivity index (χ0) is 34.8. The number of aryl methyl sites for hydroxylation is 1. The van der Waals surface area contributed by atoms with Gasteiger partial charge in [-0.25, -0.2) is 4.21 Å². The van der Waals surface area contributed by atoms with Crippen molar-refractivity contribution in [3.05, 3.63) is 88.2 Å². The van der Waals surface area contributed by atoms with Gasteiger partial charge < -0.3 is 14.4 Å². The van der Waals surface area contributed by atoms with Crippen molar-refractivity contribution in [1.82, 2.24) is 9.78 Å². The molecule has 3 aromatic rings. The quantitative estimate of drug-likeness (QED) is 0.215. The average Bonchev–Trinajstić information content (AvgIpc) is 3.75. The number of methoxy groups -OCH3 is 1. The van der Waals surface area contributed by atoms with Gasteiger partial charge in [-0.2, -0.15) is 9.46 Å². The van der Waals surface area contributed by atoms with Crippen molar-refractivity contribution < 1.29 is 23.3 Å². The van der Waals surface area contributed by atoms with E-state index >= 15 is 0 Å². The van der Waals surface area contributed by atoms with E-state index in [0.717, 1.165) is 48.8 Å². The summed E-state index contributed by atoms with van der Waals surface area (Å²) in [6.07, 6.45) is 12.3. The number of aromatic nitrogens is 2. The lowest BCUT2D eigenvalue weighted by atomic mass is 9.68. The Morgan fingerprint density at radius 3 is 2.80 bits per heavy atom. The van der Waals surface area contributed by atoms with E-state index in [4.69, 9.17) is 21.1 Å². The standard InChI is InChI=1S/C39H45ClN4O5S/c1-24-5-4-6-36(48-3)30-10-7-26(30)19-44-22-39(16-27-13-31(27)32-15-29(40)9-11-33(32)39)23-49-37-12-8-25(14-34(37)44)38(46)42-50(47,20-24)21-35(45)28-17-41-43(2)18-28/h4,6,8-9,11-12,14-15,17-18,24,26-27,30-31,36H,5,7,10,13,16,19-23H2,1-3H3/b6-4+/t24-,26-,27-,30+,31-,36-,39-,50+/m0/s1. The molecule has 9 nitrogen and oxygen atoms in total. The number of hydrogen-bond acceptors (Lipinski definition) is 7. The summed E-state index contributed by atoms with van der Waals surface area (Å²) in [4.78, 5) is 29.8. The maximum Gasteiger partial charge on any atom is 0.285 e. The third-order valence-corrected chi connectivity index (χ3v) is 14.3. The maximum absolute atomic E-state index is 14.6. The Hall–Kier alpha value is -3.47. The van der Waals surface area contributed by atoms with E-state index in [0.29, 0.717) is 47.8 Å². The minimum Gasteiger partial charge on any atom is -0.490 e. The largest absolute Gasteiger partial charge is 0.490 e. The number of Topliss-reactive ketones (excluding diaryl/α,β-unsaturated/α-hetero) is 1. The number of rotatable bonds is 4. The van der Waals surface area contributed by atoms with E-state index in [1.54, 1.807) is 26.4 Å². The third kappa shape index (κ3) is 6.32. The molecular formula is C39H45ClN4O5S. The molecule has 1 spiro atoms. The summed E-state index contributed by atoms with van der Waals surface area (Å²) in [5.74, 6) is 1.43. The molecule has 1 aromatic heterocycles. The number of hydrogen-bond donors (Lipinski definition) is 0. The van der Waals surface area contributed by atoms with Gasteiger partial charge in [-0.05, 0) is 103 Å². The molecule has 0 N–H and O–H groups in total. The van der Waals surface area contributed by atoms with Crippen LogP contribution >= 0.6 is 11.6 Å². The van der Waals surface area contributed by atoms with Gasteiger partial charge in [0.2, 0.25) is 0 Å². The van der Waals surface area contributed by atoms with E-state index in [-0.39, 0.29) is 34.7 Å². The SMILES string of the molecule is CO[C@H]1/C=C/C[C@H](C)C[S@@](=O)(CC(=O)c2cnn(C)c2)=NC(=O)c2ccc3c(c2)N(C[C@@H]2CC[C@H]21)C[C@]1(CO3)C[C@@H]2C[C@@H]2c2cc(Cl)ccc21. The van der Waals surface area contributed by atoms with E-state index < -0.39 is 15.6 Å². The van der Waals surface area contributed by atoms with E-state index in [2.05, 4.69) is 38.6 Å². The fourth-order valence-corrected chi connectivity index (χ4v) is 11.5. The average molecular weight is 717 g/mol. The van der Waals surface area contributed by atoms with Gasteiger partial charge in [0.15, 0.2) is 5.78 Å². The Balaban J connectivity index is 1.21. The number of anilines is 1. The normalized spacial score (nSPS) is 33.8. The van der Waals surface area contributed by atoms with Gasteiger partial charge in [0.25, 0.3) is 5.91 Å². The third-order valence-electron chi connectivity index (χ3n) is 11.8. The fraction of sp³-hybridized carbons (Fsp3) is 0.513. The van der Waals surface area contributed by atoms with Crippen LogP contribution in [0.1, 0.15) is 76.8 Å². The van der Waals surface area contributed by atoms with Crippen molar-refractivity contribution in [2.45, 2.75) is 56.5 Å². The van der Waals surface area contributed by atoms with Crippen LogP contribution in [-0.4, -0.2) is 70.1 Å². The Bertz CT molecular complexity index is 2000. The van der Waals surface area contributed by atoms with Gasteiger partial charge in [-0.1, -0.05) is 36.7 Å². The lowest BCUT2D eigenvalue weighted by Crippen LogP contribution is -2.49. The van der Waals surface area contributed by atoms with Crippen molar-refractivity contribution in [2.24, 2.45) is 35.1 Å². The van der Waals surface area contributed by atoms with Crippen LogP contribution in [0.5, 0.6) is 5.75 Å². The topological polar surface area (TPSA) is 103 Å². The molecule has 50 heavy (non-hydrogen) atoms. The van der Waals surface area contributed by atoms with Crippen LogP contribution < -0.4 is 9.64 Å². The first-order valence-corrected chi connectivity index (χ1v) is 20.1. The molecule has 0 unspecified atom stereocenters. The first kappa shape index (κ1) is 33.7. The number of ketones is 1. The number of amides is 1. The van der Waals surface area contributed by atoms with Gasteiger partial charge in [-0.15, -0.1) is 0 Å². The smallest absolute Gasteiger partial charge is 0.285 e. The molecule has 0 saturated heterocycles. The molecule has 2 saturated carbocycles. The van der Waals surface area contributed by atoms with Gasteiger partial charge in [-0.3, -0.25) is 14.3 Å². The number of fused-ring (bicyclic) bond motifs is 6. The first-order valence-electron chi connectivity index (χ1n) is 17.8. The van der Waals surface area contributed by atoms with E-state index in [9.17, 15) is 13.8 Å². The van der Waals surface area contributed by atoms with Crippen LogP contribution in [0.2, 0.25) is 5.02 Å². The number of ether oxygens (including phenoxy) is 2. The number of nitrogens with zero attached hydrogens (tertiary/aromatic N) is 4. The minimum atomic E-state index is -3.26. The summed E-state index contributed by atoms with van der Waals surface area (Å²) in [5, 5.41) is 4.87. The highest BCUT2D eigenvalue weighted by Crippen LogP contribution is 2.61. The molecule has 2 aliphatic heterocycles. The molecule has 2 aromatic carbocycles. The lowest BCUT2D eigenvalue weighted by Gasteiger charge is -2.46. The predicted molar refractivity (Wildman–Crippen MR) is 195 cm³/mol. The summed E-state index contributed by atoms with van der Waals surface area (Å²) in [5.41, 5.74) is 3.98. The van der Waals surface area contributed by atoms with Gasteiger partial charge in [0.1, 0.15) is 5.75 Å². The second kappa shape index (κ2) is 12.9. The highest BCUT2D eigenvalue weighted by molar-refractivity contribution is 7.94. The molecule has 264 valence electrons. The number of carbonyl (C=O) groups is 2. The zero-order valence-corrected chi connectivity index (χ0v) is 30.5. The van der Waals surface area contributed by atoms with E-state index in [1.165, 1.54) is 28.4 Å². The van der Waals surface area contributed by atoms with Crippen LogP contribution in [-0.2, 0) is 26.9 Å². The molecule has 1 amide bonds. The zero-order valence-electron chi connectivity index (χ0n) is 28.9. The van der Waals surface area contributed by atoms with Crippen LogP contribution in [0, 0.1) is 23.7 Å². The lowest BCUT2D eigenvalue weighted by molar-refractivity contribution is 0.0131. The monoisotopic (exact) mass is 716 g/mol. The summed E-state index contributed by atoms with van der Waals surface area (Å²) in [6, 6.07) is 11.8.